The summed E-state index contributed by atoms with van der Waals surface area (Å²) in [5.41, 5.74) is 2.23. The fourth-order valence-electron chi connectivity index (χ4n) is 1.54. The van der Waals surface area contributed by atoms with Crippen LogP contribution in [-0.2, 0) is 12.0 Å². The summed E-state index contributed by atoms with van der Waals surface area (Å²) < 4.78 is 1.00. The van der Waals surface area contributed by atoms with Gasteiger partial charge in [-0.15, -0.1) is 11.3 Å². The maximum absolute atomic E-state index is 5.99. The maximum Gasteiger partial charge on any atom is 0.112 e. The van der Waals surface area contributed by atoms with E-state index in [0.29, 0.717) is 6.54 Å². The number of benzene rings is 1. The molecular weight excluding hydrogens is 344 g/mol. The number of halogens is 2. The van der Waals surface area contributed by atoms with Crippen LogP contribution in [0.1, 0.15) is 31.5 Å². The molecule has 0 aliphatic heterocycles. The van der Waals surface area contributed by atoms with Gasteiger partial charge in [0.2, 0.25) is 0 Å². The minimum absolute atomic E-state index is 0.103. The van der Waals surface area contributed by atoms with E-state index in [4.69, 9.17) is 11.6 Å². The van der Waals surface area contributed by atoms with E-state index in [-0.39, 0.29) is 5.41 Å². The number of rotatable bonds is 3. The Balaban J connectivity index is 2.06. The van der Waals surface area contributed by atoms with E-state index in [1.165, 1.54) is 0 Å². The molecule has 5 heteroatoms. The van der Waals surface area contributed by atoms with Crippen LogP contribution < -0.4 is 5.32 Å². The van der Waals surface area contributed by atoms with Gasteiger partial charge in [-0.05, 0) is 34.1 Å². The minimum atomic E-state index is 0.103. The number of anilines is 1. The summed E-state index contributed by atoms with van der Waals surface area (Å²) in [7, 11) is 0. The number of thiazole rings is 1. The van der Waals surface area contributed by atoms with Gasteiger partial charge in [-0.2, -0.15) is 0 Å². The van der Waals surface area contributed by atoms with Crippen LogP contribution in [0.25, 0.3) is 0 Å². The average Bonchev–Trinajstić information content (AvgIpc) is 2.79. The molecule has 1 aromatic carbocycles. The van der Waals surface area contributed by atoms with Gasteiger partial charge < -0.3 is 5.32 Å². The molecule has 0 saturated heterocycles. The average molecular weight is 360 g/mol. The van der Waals surface area contributed by atoms with E-state index < -0.39 is 0 Å². The van der Waals surface area contributed by atoms with Gasteiger partial charge in [-0.25, -0.2) is 4.98 Å². The molecule has 1 aromatic heterocycles. The highest BCUT2D eigenvalue weighted by atomic mass is 79.9. The lowest BCUT2D eigenvalue weighted by Gasteiger charge is -2.14. The lowest BCUT2D eigenvalue weighted by Crippen LogP contribution is -2.11. The summed E-state index contributed by atoms with van der Waals surface area (Å²) in [6.45, 7) is 7.23. The van der Waals surface area contributed by atoms with Gasteiger partial charge in [0, 0.05) is 20.3 Å². The number of hydrogen-bond acceptors (Lipinski definition) is 3. The Bertz CT molecular complexity index is 575. The molecule has 102 valence electrons. The van der Waals surface area contributed by atoms with Gasteiger partial charge >= 0.3 is 0 Å². The van der Waals surface area contributed by atoms with Crippen LogP contribution >= 0.6 is 38.9 Å². The first-order chi connectivity index (χ1) is 8.86. The summed E-state index contributed by atoms with van der Waals surface area (Å²) in [6, 6.07) is 5.70. The predicted octanol–water partition coefficient (Wildman–Crippen LogP) is 5.47. The van der Waals surface area contributed by atoms with Crippen molar-refractivity contribution in [2.45, 2.75) is 32.7 Å². The molecule has 2 rings (SSSR count). The highest BCUT2D eigenvalue weighted by molar-refractivity contribution is 9.10. The van der Waals surface area contributed by atoms with Crippen molar-refractivity contribution >= 4 is 44.6 Å². The molecule has 2 aromatic rings. The van der Waals surface area contributed by atoms with Crippen LogP contribution in [0.3, 0.4) is 0 Å². The third kappa shape index (κ3) is 3.94. The molecule has 0 bridgehead atoms. The quantitative estimate of drug-likeness (QED) is 0.786. The van der Waals surface area contributed by atoms with Crippen LogP contribution in [0, 0.1) is 0 Å². The summed E-state index contributed by atoms with van der Waals surface area (Å²) in [5.74, 6) is 0. The second-order valence-corrected chi connectivity index (χ2v) is 7.59. The Labute approximate surface area is 131 Å². The van der Waals surface area contributed by atoms with Crippen LogP contribution in [0.15, 0.2) is 28.1 Å². The molecule has 1 heterocycles. The molecule has 0 fully saturated rings. The first-order valence-electron chi connectivity index (χ1n) is 6.00. The standard InChI is InChI=1S/C14H16BrClN2S/c1-14(2,3)12-8-19-13(18-12)7-17-11-6-9(16)4-5-10(11)15/h4-6,8,17H,7H2,1-3H3. The van der Waals surface area contributed by atoms with Gasteiger partial charge in [0.15, 0.2) is 0 Å². The molecule has 0 radical (unpaired) electrons. The van der Waals surface area contributed by atoms with E-state index in [1.54, 1.807) is 11.3 Å². The Hall–Kier alpha value is -0.580. The number of nitrogens with zero attached hydrogens (tertiary/aromatic N) is 1. The van der Waals surface area contributed by atoms with E-state index in [9.17, 15) is 0 Å². The normalized spacial score (nSPS) is 11.6. The summed E-state index contributed by atoms with van der Waals surface area (Å²) in [4.78, 5) is 4.66. The minimum Gasteiger partial charge on any atom is -0.378 e. The molecule has 2 nitrogen and oxygen atoms in total. The van der Waals surface area contributed by atoms with Gasteiger partial charge in [-0.1, -0.05) is 32.4 Å². The fourth-order valence-corrected chi connectivity index (χ4v) is 3.06. The van der Waals surface area contributed by atoms with Crippen molar-refractivity contribution in [2.75, 3.05) is 5.32 Å². The van der Waals surface area contributed by atoms with Gasteiger partial charge in [0.1, 0.15) is 5.01 Å². The van der Waals surface area contributed by atoms with E-state index in [2.05, 4.69) is 52.4 Å². The molecule has 0 aliphatic carbocycles. The summed E-state index contributed by atoms with van der Waals surface area (Å²) in [5, 5.41) is 7.28. The Kier molecular flexibility index (Phi) is 4.54. The number of aromatic nitrogens is 1. The van der Waals surface area contributed by atoms with Crippen molar-refractivity contribution in [1.82, 2.24) is 4.98 Å². The predicted molar refractivity (Wildman–Crippen MR) is 87.3 cm³/mol. The highest BCUT2D eigenvalue weighted by Crippen LogP contribution is 2.28. The van der Waals surface area contributed by atoms with Crippen LogP contribution in [0.5, 0.6) is 0 Å². The fraction of sp³-hybridized carbons (Fsp3) is 0.357. The SMILES string of the molecule is CC(C)(C)c1csc(CNc2cc(Cl)ccc2Br)n1. The smallest absolute Gasteiger partial charge is 0.112 e. The van der Waals surface area contributed by atoms with E-state index in [1.807, 2.05) is 18.2 Å². The lowest BCUT2D eigenvalue weighted by molar-refractivity contribution is 0.571. The second kappa shape index (κ2) is 5.81. The Morgan fingerprint density at radius 2 is 2.11 bits per heavy atom. The Morgan fingerprint density at radius 3 is 2.74 bits per heavy atom. The molecule has 0 amide bonds. The van der Waals surface area contributed by atoms with Crippen molar-refractivity contribution in [3.05, 3.63) is 43.8 Å². The van der Waals surface area contributed by atoms with Crippen molar-refractivity contribution in [3.63, 3.8) is 0 Å². The zero-order valence-electron chi connectivity index (χ0n) is 11.1. The molecule has 0 aliphatic rings. The topological polar surface area (TPSA) is 24.9 Å². The lowest BCUT2D eigenvalue weighted by atomic mass is 9.93. The first kappa shape index (κ1) is 14.8. The van der Waals surface area contributed by atoms with E-state index in [0.717, 1.165) is 25.9 Å². The van der Waals surface area contributed by atoms with Crippen LogP contribution in [-0.4, -0.2) is 4.98 Å². The summed E-state index contributed by atoms with van der Waals surface area (Å²) >= 11 is 11.2. The van der Waals surface area contributed by atoms with Gasteiger partial charge in [-0.3, -0.25) is 0 Å². The van der Waals surface area contributed by atoms with Gasteiger partial charge in [0.25, 0.3) is 0 Å². The largest absolute Gasteiger partial charge is 0.378 e. The molecule has 19 heavy (non-hydrogen) atoms. The third-order valence-corrected chi connectivity index (χ3v) is 4.45. The zero-order valence-corrected chi connectivity index (χ0v) is 14.3. The molecule has 0 saturated carbocycles. The maximum atomic E-state index is 5.99. The molecule has 0 atom stereocenters. The summed E-state index contributed by atoms with van der Waals surface area (Å²) in [6.07, 6.45) is 0. The van der Waals surface area contributed by atoms with Gasteiger partial charge in [0.05, 0.1) is 17.9 Å². The Morgan fingerprint density at radius 1 is 1.37 bits per heavy atom. The van der Waals surface area contributed by atoms with Crippen molar-refractivity contribution in [1.29, 1.82) is 0 Å². The molecule has 0 unspecified atom stereocenters. The van der Waals surface area contributed by atoms with Crippen molar-refractivity contribution in [2.24, 2.45) is 0 Å². The molecule has 1 N–H and O–H groups in total. The highest BCUT2D eigenvalue weighted by Gasteiger charge is 2.17. The van der Waals surface area contributed by atoms with Crippen molar-refractivity contribution < 1.29 is 0 Å². The molecule has 0 spiro atoms. The second-order valence-electron chi connectivity index (χ2n) is 5.35. The number of nitrogens with one attached hydrogen (secondary N) is 1. The molecular formula is C14H16BrClN2S. The van der Waals surface area contributed by atoms with Crippen LogP contribution in [0.2, 0.25) is 5.02 Å². The zero-order chi connectivity index (χ0) is 14.0. The van der Waals surface area contributed by atoms with Crippen molar-refractivity contribution in [3.8, 4) is 0 Å². The van der Waals surface area contributed by atoms with E-state index >= 15 is 0 Å². The number of hydrogen-bond donors (Lipinski definition) is 1. The van der Waals surface area contributed by atoms with Crippen LogP contribution in [0.4, 0.5) is 5.69 Å². The third-order valence-electron chi connectivity index (χ3n) is 2.68. The first-order valence-corrected chi connectivity index (χ1v) is 8.05. The monoisotopic (exact) mass is 358 g/mol.